The zero-order valence-corrected chi connectivity index (χ0v) is 26.9. The summed E-state index contributed by atoms with van der Waals surface area (Å²) in [5.41, 5.74) is 2.08. The van der Waals surface area contributed by atoms with Gasteiger partial charge in [-0.1, -0.05) is 103 Å². The van der Waals surface area contributed by atoms with Crippen LogP contribution in [0.5, 0.6) is 0 Å². The number of unbranched alkanes of at least 4 members (excludes halogenated alkanes) is 3. The van der Waals surface area contributed by atoms with Gasteiger partial charge in [-0.2, -0.15) is 0 Å². The Balaban J connectivity index is 0.00000405. The summed E-state index contributed by atoms with van der Waals surface area (Å²) in [5.74, 6) is 0. The first-order valence-corrected chi connectivity index (χ1v) is 17.8. The van der Waals surface area contributed by atoms with E-state index in [0.717, 1.165) is 43.0 Å². The molecule has 216 valence electrons. The summed E-state index contributed by atoms with van der Waals surface area (Å²) in [6.45, 7) is 0.444. The molecule has 0 bridgehead atoms. The fourth-order valence-corrected chi connectivity index (χ4v) is 10.9. The Kier molecular flexibility index (Phi) is 11.7. The number of sulfonamides is 1. The first kappa shape index (κ1) is 31.8. The minimum absolute atomic E-state index is 0. The van der Waals surface area contributed by atoms with E-state index in [9.17, 15) is 8.42 Å². The van der Waals surface area contributed by atoms with E-state index in [-0.39, 0.29) is 17.0 Å². The SMILES string of the molecule is O=S(=O)(NCCCCCC[P+](c1ccccc1)(c1ccccc1)c1ccccc1)c1ccc(-c2ccccc2)cc1.[Br-]. The van der Waals surface area contributed by atoms with Crippen molar-refractivity contribution < 1.29 is 25.4 Å². The quantitative estimate of drug-likeness (QED) is 0.153. The third kappa shape index (κ3) is 7.65. The van der Waals surface area contributed by atoms with Crippen molar-refractivity contribution in [2.24, 2.45) is 0 Å². The second-order valence-electron chi connectivity index (χ2n) is 10.2. The Hall–Kier alpha value is -3.08. The van der Waals surface area contributed by atoms with E-state index in [1.54, 1.807) is 12.1 Å². The van der Waals surface area contributed by atoms with Crippen LogP contribution >= 0.6 is 7.26 Å². The smallest absolute Gasteiger partial charge is 0.240 e. The van der Waals surface area contributed by atoms with Crippen molar-refractivity contribution in [1.29, 1.82) is 0 Å². The molecule has 0 heterocycles. The molecule has 1 N–H and O–H groups in total. The van der Waals surface area contributed by atoms with Crippen LogP contribution in [0.15, 0.2) is 150 Å². The monoisotopic (exact) mass is 657 g/mol. The van der Waals surface area contributed by atoms with Crippen LogP contribution in [0.25, 0.3) is 11.1 Å². The normalized spacial score (nSPS) is 11.5. The minimum Gasteiger partial charge on any atom is -1.00 e. The molecule has 0 unspecified atom stereocenters. The van der Waals surface area contributed by atoms with E-state index < -0.39 is 17.3 Å². The fourth-order valence-electron chi connectivity index (χ4n) is 5.46. The number of halogens is 1. The van der Waals surface area contributed by atoms with Gasteiger partial charge in [0.1, 0.15) is 23.2 Å². The standard InChI is InChI=1S/C36H37NO2PS.BrH/c38-41(39,36-27-25-32(26-28-36)31-17-7-3-8-18-31)37-29-15-1-2-16-30-40(33-19-9-4-10-20-33,34-21-11-5-12-22-34)35-23-13-6-14-24-35;/h3-14,17-28,37H,1-2,15-16,29-30H2;1H/q+1;/p-1. The van der Waals surface area contributed by atoms with E-state index >= 15 is 0 Å². The summed E-state index contributed by atoms with van der Waals surface area (Å²) in [6, 6.07) is 50.0. The number of hydrogen-bond acceptors (Lipinski definition) is 2. The van der Waals surface area contributed by atoms with Crippen LogP contribution in [-0.4, -0.2) is 21.1 Å². The summed E-state index contributed by atoms with van der Waals surface area (Å²) in [4.78, 5) is 0.306. The number of rotatable bonds is 13. The average molecular weight is 659 g/mol. The molecule has 5 rings (SSSR count). The lowest BCUT2D eigenvalue weighted by Gasteiger charge is -2.27. The number of benzene rings is 5. The van der Waals surface area contributed by atoms with E-state index in [4.69, 9.17) is 0 Å². The molecule has 0 spiro atoms. The van der Waals surface area contributed by atoms with Crippen LogP contribution in [-0.2, 0) is 10.0 Å². The van der Waals surface area contributed by atoms with Gasteiger partial charge in [0.25, 0.3) is 0 Å². The topological polar surface area (TPSA) is 46.2 Å². The van der Waals surface area contributed by atoms with Crippen LogP contribution in [0, 0.1) is 0 Å². The molecule has 0 aliphatic carbocycles. The largest absolute Gasteiger partial charge is 1.00 e. The Bertz CT molecular complexity index is 1500. The maximum absolute atomic E-state index is 12.9. The van der Waals surface area contributed by atoms with Gasteiger partial charge in [-0.25, -0.2) is 13.1 Å². The average Bonchev–Trinajstić information content (AvgIpc) is 3.04. The van der Waals surface area contributed by atoms with Crippen LogP contribution < -0.4 is 37.6 Å². The third-order valence-corrected chi connectivity index (χ3v) is 13.6. The van der Waals surface area contributed by atoms with E-state index in [0.29, 0.717) is 11.4 Å². The summed E-state index contributed by atoms with van der Waals surface area (Å²) >= 11 is 0. The highest BCUT2D eigenvalue weighted by molar-refractivity contribution is 7.95. The highest BCUT2D eigenvalue weighted by Gasteiger charge is 2.44. The second-order valence-corrected chi connectivity index (χ2v) is 15.6. The summed E-state index contributed by atoms with van der Waals surface area (Å²) < 4.78 is 28.5. The molecule has 0 atom stereocenters. The predicted molar refractivity (Wildman–Crippen MR) is 176 cm³/mol. The Morgan fingerprint density at radius 1 is 0.476 bits per heavy atom. The zero-order valence-electron chi connectivity index (χ0n) is 23.6. The Morgan fingerprint density at radius 3 is 1.36 bits per heavy atom. The van der Waals surface area contributed by atoms with Crippen molar-refractivity contribution in [1.82, 2.24) is 4.72 Å². The first-order chi connectivity index (χ1) is 20.1. The van der Waals surface area contributed by atoms with Crippen molar-refractivity contribution in [2.45, 2.75) is 30.6 Å². The van der Waals surface area contributed by atoms with Gasteiger partial charge in [0.15, 0.2) is 0 Å². The van der Waals surface area contributed by atoms with Gasteiger partial charge in [-0.3, -0.25) is 0 Å². The van der Waals surface area contributed by atoms with Gasteiger partial charge in [-0.15, -0.1) is 0 Å². The third-order valence-electron chi connectivity index (χ3n) is 7.58. The molecule has 0 aliphatic rings. The Labute approximate surface area is 262 Å². The number of nitrogens with one attached hydrogen (secondary N) is 1. The molecule has 5 aromatic carbocycles. The molecule has 5 aromatic rings. The van der Waals surface area contributed by atoms with E-state index in [1.165, 1.54) is 15.9 Å². The van der Waals surface area contributed by atoms with Crippen molar-refractivity contribution in [2.75, 3.05) is 12.7 Å². The lowest BCUT2D eigenvalue weighted by molar-refractivity contribution is -0.0000105. The molecule has 3 nitrogen and oxygen atoms in total. The van der Waals surface area contributed by atoms with Crippen LogP contribution in [0.2, 0.25) is 0 Å². The Morgan fingerprint density at radius 2 is 0.881 bits per heavy atom. The highest BCUT2D eigenvalue weighted by atomic mass is 79.9. The summed E-state index contributed by atoms with van der Waals surface area (Å²) in [6.07, 6.45) is 5.02. The molecular formula is C36H37BrNO2PS. The number of hydrogen-bond donors (Lipinski definition) is 1. The van der Waals surface area contributed by atoms with Gasteiger partial charge in [0.2, 0.25) is 10.0 Å². The molecule has 42 heavy (non-hydrogen) atoms. The zero-order chi connectivity index (χ0) is 28.4. The van der Waals surface area contributed by atoms with Crippen molar-refractivity contribution >= 4 is 33.2 Å². The highest BCUT2D eigenvalue weighted by Crippen LogP contribution is 2.56. The van der Waals surface area contributed by atoms with Gasteiger partial charge >= 0.3 is 0 Å². The van der Waals surface area contributed by atoms with Gasteiger partial charge in [-0.05, 0) is 78.9 Å². The molecule has 0 saturated heterocycles. The van der Waals surface area contributed by atoms with Crippen LogP contribution in [0.1, 0.15) is 25.7 Å². The molecule has 0 aliphatic heterocycles. The van der Waals surface area contributed by atoms with Gasteiger partial charge in [0.05, 0.1) is 11.1 Å². The van der Waals surface area contributed by atoms with E-state index in [1.807, 2.05) is 42.5 Å². The first-order valence-electron chi connectivity index (χ1n) is 14.3. The molecule has 6 heteroatoms. The molecule has 0 amide bonds. The fraction of sp³-hybridized carbons (Fsp3) is 0.167. The van der Waals surface area contributed by atoms with Crippen molar-refractivity contribution in [3.05, 3.63) is 146 Å². The lowest BCUT2D eigenvalue weighted by Crippen LogP contribution is -3.00. The molecule has 0 aromatic heterocycles. The molecule has 0 radical (unpaired) electrons. The summed E-state index contributed by atoms with van der Waals surface area (Å²) in [5, 5.41) is 4.22. The van der Waals surface area contributed by atoms with Crippen LogP contribution in [0.3, 0.4) is 0 Å². The molecule has 0 fully saturated rings. The predicted octanol–water partition coefficient (Wildman–Crippen LogP) is 4.19. The van der Waals surface area contributed by atoms with Crippen molar-refractivity contribution in [3.8, 4) is 11.1 Å². The van der Waals surface area contributed by atoms with Crippen molar-refractivity contribution in [3.63, 3.8) is 0 Å². The molecular weight excluding hydrogens is 621 g/mol. The van der Waals surface area contributed by atoms with Crippen LogP contribution in [0.4, 0.5) is 0 Å². The van der Waals surface area contributed by atoms with E-state index in [2.05, 4.69) is 95.7 Å². The summed E-state index contributed by atoms with van der Waals surface area (Å²) in [7, 11) is -5.34. The maximum Gasteiger partial charge on any atom is 0.240 e. The minimum atomic E-state index is -3.53. The molecule has 0 saturated carbocycles. The maximum atomic E-state index is 12.9. The van der Waals surface area contributed by atoms with Gasteiger partial charge < -0.3 is 17.0 Å². The lowest BCUT2D eigenvalue weighted by atomic mass is 10.1. The van der Waals surface area contributed by atoms with Gasteiger partial charge in [0, 0.05) is 6.54 Å². The second kappa shape index (κ2) is 15.4.